The summed E-state index contributed by atoms with van der Waals surface area (Å²) in [5.74, 6) is -1.41. The van der Waals surface area contributed by atoms with Crippen LogP contribution in [0, 0.1) is 11.3 Å². The maximum absolute atomic E-state index is 13.0. The van der Waals surface area contributed by atoms with Gasteiger partial charge in [0.05, 0.1) is 5.92 Å². The van der Waals surface area contributed by atoms with Gasteiger partial charge in [0.15, 0.2) is 0 Å². The fraction of sp³-hybridized carbons (Fsp3) is 0.600. The number of carbonyl (C=O) groups is 2. The second-order valence-electron chi connectivity index (χ2n) is 8.47. The highest BCUT2D eigenvalue weighted by Crippen LogP contribution is 2.26. The first-order valence-electron chi connectivity index (χ1n) is 9.26. The molecule has 1 atom stereocenters. The fourth-order valence-corrected chi connectivity index (χ4v) is 3.52. The van der Waals surface area contributed by atoms with Gasteiger partial charge in [-0.15, -0.1) is 0 Å². The van der Waals surface area contributed by atoms with Crippen LogP contribution in [-0.4, -0.2) is 54.0 Å². The van der Waals surface area contributed by atoms with E-state index in [4.69, 9.17) is 11.6 Å². The lowest BCUT2D eigenvalue weighted by Crippen LogP contribution is -2.50. The molecule has 1 heterocycles. The third kappa shape index (κ3) is 6.69. The minimum atomic E-state index is -4.46. The van der Waals surface area contributed by atoms with E-state index in [0.29, 0.717) is 30.0 Å². The third-order valence-electron chi connectivity index (χ3n) is 4.50. The van der Waals surface area contributed by atoms with Gasteiger partial charge in [-0.2, -0.15) is 13.2 Å². The zero-order valence-corrected chi connectivity index (χ0v) is 17.1. The summed E-state index contributed by atoms with van der Waals surface area (Å²) in [6, 6.07) is 6.42. The minimum Gasteiger partial charge on any atom is -0.338 e. The van der Waals surface area contributed by atoms with Gasteiger partial charge in [-0.3, -0.25) is 9.59 Å². The summed E-state index contributed by atoms with van der Waals surface area (Å²) in [5.41, 5.74) is -0.0201. The molecule has 1 aliphatic rings. The molecular formula is C20H26ClF3N2O2. The fourth-order valence-electron chi connectivity index (χ4n) is 3.40. The summed E-state index contributed by atoms with van der Waals surface area (Å²) in [4.78, 5) is 28.0. The van der Waals surface area contributed by atoms with Crippen molar-refractivity contribution < 1.29 is 22.8 Å². The van der Waals surface area contributed by atoms with Crippen LogP contribution in [-0.2, 0) is 4.79 Å². The van der Waals surface area contributed by atoms with Crippen molar-refractivity contribution in [1.29, 1.82) is 0 Å². The van der Waals surface area contributed by atoms with Crippen LogP contribution in [0.3, 0.4) is 0 Å². The van der Waals surface area contributed by atoms with Gasteiger partial charge in [0.25, 0.3) is 5.91 Å². The second kappa shape index (κ2) is 8.72. The molecule has 0 N–H and O–H groups in total. The predicted molar refractivity (Wildman–Crippen MR) is 102 cm³/mol. The van der Waals surface area contributed by atoms with Gasteiger partial charge in [-0.05, 0) is 42.5 Å². The van der Waals surface area contributed by atoms with Crippen LogP contribution in [0.1, 0.15) is 44.0 Å². The van der Waals surface area contributed by atoms with Gasteiger partial charge in [0.1, 0.15) is 6.54 Å². The van der Waals surface area contributed by atoms with Crippen LogP contribution in [0.25, 0.3) is 0 Å². The van der Waals surface area contributed by atoms with E-state index in [1.165, 1.54) is 4.90 Å². The van der Waals surface area contributed by atoms with Gasteiger partial charge >= 0.3 is 6.18 Å². The standard InChI is InChI=1S/C20H26ClF3N2O2/c1-19(2,3)12-26(13-20(22,23)24)18(28)15-5-4-10-25(11-15)17(27)14-6-8-16(21)9-7-14/h6-9,15H,4-5,10-13H2,1-3H3. The number of rotatable bonds is 4. The molecule has 28 heavy (non-hydrogen) atoms. The first-order chi connectivity index (χ1) is 12.9. The average Bonchev–Trinajstić information content (AvgIpc) is 2.58. The van der Waals surface area contributed by atoms with E-state index >= 15 is 0 Å². The van der Waals surface area contributed by atoms with Crippen molar-refractivity contribution in [3.63, 3.8) is 0 Å². The number of likely N-dealkylation sites (tertiary alicyclic amines) is 1. The Bertz CT molecular complexity index is 683. The Balaban J connectivity index is 2.12. The molecule has 2 amide bonds. The SMILES string of the molecule is CC(C)(C)CN(CC(F)(F)F)C(=O)C1CCCN(C(=O)c2ccc(Cl)cc2)C1. The Kier molecular flexibility index (Phi) is 7.02. The molecule has 156 valence electrons. The summed E-state index contributed by atoms with van der Waals surface area (Å²) in [6.45, 7) is 4.71. The molecule has 8 heteroatoms. The number of alkyl halides is 3. The zero-order valence-electron chi connectivity index (χ0n) is 16.4. The molecule has 2 rings (SSSR count). The van der Waals surface area contributed by atoms with Crippen molar-refractivity contribution in [3.05, 3.63) is 34.9 Å². The molecule has 1 aliphatic heterocycles. The lowest BCUT2D eigenvalue weighted by Gasteiger charge is -2.37. The summed E-state index contributed by atoms with van der Waals surface area (Å²) in [6.07, 6.45) is -3.42. The number of amides is 2. The Labute approximate surface area is 168 Å². The quantitative estimate of drug-likeness (QED) is 0.715. The van der Waals surface area contributed by atoms with Crippen LogP contribution >= 0.6 is 11.6 Å². The molecule has 1 aromatic carbocycles. The van der Waals surface area contributed by atoms with Crippen molar-refractivity contribution in [2.45, 2.75) is 39.8 Å². The van der Waals surface area contributed by atoms with Crippen molar-refractivity contribution in [1.82, 2.24) is 9.80 Å². The highest BCUT2D eigenvalue weighted by Gasteiger charge is 2.38. The molecule has 1 saturated heterocycles. The second-order valence-corrected chi connectivity index (χ2v) is 8.90. The minimum absolute atomic E-state index is 0.00692. The molecule has 4 nitrogen and oxygen atoms in total. The third-order valence-corrected chi connectivity index (χ3v) is 4.75. The summed E-state index contributed by atoms with van der Waals surface area (Å²) in [5, 5.41) is 0.508. The summed E-state index contributed by atoms with van der Waals surface area (Å²) >= 11 is 5.84. The van der Waals surface area contributed by atoms with E-state index in [-0.39, 0.29) is 19.0 Å². The van der Waals surface area contributed by atoms with E-state index in [0.717, 1.165) is 4.90 Å². The maximum atomic E-state index is 13.0. The van der Waals surface area contributed by atoms with Gasteiger partial charge in [-0.25, -0.2) is 0 Å². The highest BCUT2D eigenvalue weighted by molar-refractivity contribution is 6.30. The molecule has 1 unspecified atom stereocenters. The number of nitrogens with zero attached hydrogens (tertiary/aromatic N) is 2. The van der Waals surface area contributed by atoms with E-state index in [9.17, 15) is 22.8 Å². The number of carbonyl (C=O) groups excluding carboxylic acids is 2. The number of piperidine rings is 1. The van der Waals surface area contributed by atoms with E-state index in [1.807, 2.05) is 0 Å². The van der Waals surface area contributed by atoms with Crippen molar-refractivity contribution in [3.8, 4) is 0 Å². The molecular weight excluding hydrogens is 393 g/mol. The molecule has 0 spiro atoms. The van der Waals surface area contributed by atoms with Gasteiger partial charge in [-0.1, -0.05) is 32.4 Å². The first kappa shape index (κ1) is 22.5. The number of hydrogen-bond acceptors (Lipinski definition) is 2. The normalized spacial score (nSPS) is 18.1. The molecule has 0 aliphatic carbocycles. The van der Waals surface area contributed by atoms with Crippen molar-refractivity contribution in [2.75, 3.05) is 26.2 Å². The first-order valence-corrected chi connectivity index (χ1v) is 9.64. The largest absolute Gasteiger partial charge is 0.406 e. The molecule has 0 radical (unpaired) electrons. The van der Waals surface area contributed by atoms with Crippen LogP contribution in [0.5, 0.6) is 0 Å². The van der Waals surface area contributed by atoms with Gasteiger partial charge in [0.2, 0.25) is 5.91 Å². The Morgan fingerprint density at radius 3 is 2.29 bits per heavy atom. The Morgan fingerprint density at radius 1 is 1.14 bits per heavy atom. The van der Waals surface area contributed by atoms with Crippen LogP contribution < -0.4 is 0 Å². The summed E-state index contributed by atoms with van der Waals surface area (Å²) in [7, 11) is 0. The molecule has 0 aromatic heterocycles. The van der Waals surface area contributed by atoms with Crippen molar-refractivity contribution in [2.24, 2.45) is 11.3 Å². The van der Waals surface area contributed by atoms with Gasteiger partial charge in [0, 0.05) is 30.2 Å². The number of hydrogen-bond donors (Lipinski definition) is 0. The molecule has 1 fully saturated rings. The maximum Gasteiger partial charge on any atom is 0.406 e. The van der Waals surface area contributed by atoms with Crippen LogP contribution in [0.4, 0.5) is 13.2 Å². The summed E-state index contributed by atoms with van der Waals surface area (Å²) < 4.78 is 39.0. The topological polar surface area (TPSA) is 40.6 Å². The van der Waals surface area contributed by atoms with Crippen molar-refractivity contribution >= 4 is 23.4 Å². The van der Waals surface area contributed by atoms with E-state index < -0.39 is 30.0 Å². The van der Waals surface area contributed by atoms with Crippen LogP contribution in [0.2, 0.25) is 5.02 Å². The monoisotopic (exact) mass is 418 g/mol. The van der Waals surface area contributed by atoms with Gasteiger partial charge < -0.3 is 9.80 Å². The molecule has 0 saturated carbocycles. The average molecular weight is 419 g/mol. The smallest absolute Gasteiger partial charge is 0.338 e. The number of halogens is 4. The van der Waals surface area contributed by atoms with E-state index in [2.05, 4.69) is 0 Å². The molecule has 0 bridgehead atoms. The Morgan fingerprint density at radius 2 is 1.75 bits per heavy atom. The number of benzene rings is 1. The Hall–Kier alpha value is -1.76. The van der Waals surface area contributed by atoms with E-state index in [1.54, 1.807) is 45.0 Å². The zero-order chi connectivity index (χ0) is 21.1. The predicted octanol–water partition coefficient (Wildman–Crippen LogP) is 4.63. The molecule has 1 aromatic rings. The highest BCUT2D eigenvalue weighted by atomic mass is 35.5. The van der Waals surface area contributed by atoms with Crippen LogP contribution in [0.15, 0.2) is 24.3 Å². The lowest BCUT2D eigenvalue weighted by molar-refractivity contribution is -0.166. The lowest BCUT2D eigenvalue weighted by atomic mass is 9.92.